The molecule has 1 heteroatoms. The first-order chi connectivity index (χ1) is 28.1. The normalized spacial score (nSPS) is 13.5. The van der Waals surface area contributed by atoms with Crippen molar-refractivity contribution in [3.05, 3.63) is 228 Å². The summed E-state index contributed by atoms with van der Waals surface area (Å²) in [6.45, 7) is 4.85. The van der Waals surface area contributed by atoms with E-state index in [1.165, 1.54) is 103 Å². The molecule has 0 fully saturated rings. The van der Waals surface area contributed by atoms with Gasteiger partial charge in [0.25, 0.3) is 0 Å². The van der Waals surface area contributed by atoms with Crippen LogP contribution in [0.2, 0.25) is 0 Å². The van der Waals surface area contributed by atoms with Gasteiger partial charge < -0.3 is 0 Å². The first-order valence-corrected chi connectivity index (χ1v) is 20.8. The highest BCUT2D eigenvalue weighted by Crippen LogP contribution is 2.55. The van der Waals surface area contributed by atoms with Crippen molar-refractivity contribution in [1.29, 1.82) is 0 Å². The molecule has 0 nitrogen and oxygen atoms in total. The molecule has 10 aromatic rings. The van der Waals surface area contributed by atoms with Crippen LogP contribution in [0.4, 0.5) is 0 Å². The highest BCUT2D eigenvalue weighted by molar-refractivity contribution is 7.26. The Morgan fingerprint density at radius 1 is 0.386 bits per heavy atom. The topological polar surface area (TPSA) is 0 Å². The number of hydrogen-bond donors (Lipinski definition) is 0. The fourth-order valence-electron chi connectivity index (χ4n) is 10.0. The third kappa shape index (κ3) is 5.27. The molecule has 11 rings (SSSR count). The second kappa shape index (κ2) is 13.3. The lowest BCUT2D eigenvalue weighted by atomic mass is 9.70. The Morgan fingerprint density at radius 2 is 0.947 bits per heavy atom. The van der Waals surface area contributed by atoms with Gasteiger partial charge in [-0.1, -0.05) is 202 Å². The average molecular weight is 745 g/mol. The summed E-state index contributed by atoms with van der Waals surface area (Å²) < 4.78 is 2.65. The van der Waals surface area contributed by atoms with Gasteiger partial charge in [-0.15, -0.1) is 11.3 Å². The molecule has 1 aliphatic carbocycles. The minimum absolute atomic E-state index is 0.106. The molecule has 270 valence electrons. The zero-order valence-corrected chi connectivity index (χ0v) is 32.9. The highest BCUT2D eigenvalue weighted by atomic mass is 32.1. The molecule has 0 N–H and O–H groups in total. The van der Waals surface area contributed by atoms with Gasteiger partial charge in [-0.05, 0) is 95.2 Å². The predicted molar refractivity (Wildman–Crippen MR) is 245 cm³/mol. The van der Waals surface area contributed by atoms with Gasteiger partial charge in [0.1, 0.15) is 0 Å². The molecular formula is C56H40S. The fourth-order valence-corrected chi connectivity index (χ4v) is 11.1. The maximum atomic E-state index is 2.43. The van der Waals surface area contributed by atoms with Crippen LogP contribution < -0.4 is 0 Å². The third-order valence-corrected chi connectivity index (χ3v) is 13.6. The lowest BCUT2D eigenvalue weighted by Crippen LogP contribution is -2.20. The molecule has 0 aliphatic heterocycles. The van der Waals surface area contributed by atoms with Crippen molar-refractivity contribution in [3.8, 4) is 44.5 Å². The van der Waals surface area contributed by atoms with Crippen LogP contribution in [0.1, 0.15) is 47.6 Å². The molecule has 0 saturated carbocycles. The molecule has 1 heterocycles. The van der Waals surface area contributed by atoms with Gasteiger partial charge in [-0.3, -0.25) is 0 Å². The zero-order chi connectivity index (χ0) is 38.1. The molecule has 0 spiro atoms. The molecule has 0 radical (unpaired) electrons. The van der Waals surface area contributed by atoms with Crippen LogP contribution in [-0.4, -0.2) is 0 Å². The summed E-state index contributed by atoms with van der Waals surface area (Å²) in [5, 5.41) is 5.26. The van der Waals surface area contributed by atoms with E-state index in [2.05, 4.69) is 214 Å². The zero-order valence-electron chi connectivity index (χ0n) is 32.0. The Hall–Kier alpha value is -6.54. The second-order valence-corrected chi connectivity index (χ2v) is 17.0. The largest absolute Gasteiger partial charge is 0.135 e. The molecule has 0 bridgehead atoms. The summed E-state index contributed by atoms with van der Waals surface area (Å²) in [5.41, 5.74) is 16.8. The van der Waals surface area contributed by atoms with Crippen molar-refractivity contribution < 1.29 is 0 Å². The van der Waals surface area contributed by atoms with E-state index in [1.807, 2.05) is 11.3 Å². The van der Waals surface area contributed by atoms with E-state index in [9.17, 15) is 0 Å². The summed E-state index contributed by atoms with van der Waals surface area (Å²) in [7, 11) is 0. The van der Waals surface area contributed by atoms with Gasteiger partial charge in [0, 0.05) is 31.5 Å². The van der Waals surface area contributed by atoms with E-state index in [0.29, 0.717) is 0 Å². The third-order valence-electron chi connectivity index (χ3n) is 12.4. The van der Waals surface area contributed by atoms with Crippen molar-refractivity contribution in [3.63, 3.8) is 0 Å². The van der Waals surface area contributed by atoms with Crippen LogP contribution in [0.3, 0.4) is 0 Å². The molecule has 0 saturated heterocycles. The Bertz CT molecular complexity index is 3090. The highest BCUT2D eigenvalue weighted by Gasteiger charge is 2.40. The van der Waals surface area contributed by atoms with Crippen molar-refractivity contribution in [1.82, 2.24) is 0 Å². The SMILES string of the molecule is CC1(C)c2ccccc2-c2cccc(C(c3ccccc3-c3cccc4ccc5sc6ccccc6c5c34)c3c(-c4ccccc4)cccc3-c3ccccc3)c21. The van der Waals surface area contributed by atoms with Crippen molar-refractivity contribution >= 4 is 42.3 Å². The molecule has 1 aromatic heterocycles. The maximum absolute atomic E-state index is 2.43. The first kappa shape index (κ1) is 33.8. The average Bonchev–Trinajstić information content (AvgIpc) is 3.77. The minimum atomic E-state index is -0.203. The first-order valence-electron chi connectivity index (χ1n) is 20.0. The van der Waals surface area contributed by atoms with Crippen molar-refractivity contribution in [2.45, 2.75) is 25.2 Å². The number of benzene rings is 9. The Balaban J connectivity index is 1.29. The number of thiophene rings is 1. The van der Waals surface area contributed by atoms with Crippen LogP contribution >= 0.6 is 11.3 Å². The molecule has 9 aromatic carbocycles. The summed E-state index contributed by atoms with van der Waals surface area (Å²) >= 11 is 1.89. The summed E-state index contributed by atoms with van der Waals surface area (Å²) in [6.07, 6.45) is 0. The Morgan fingerprint density at radius 3 is 1.72 bits per heavy atom. The number of fused-ring (bicyclic) bond motifs is 8. The van der Waals surface area contributed by atoms with E-state index in [4.69, 9.17) is 0 Å². The number of hydrogen-bond acceptors (Lipinski definition) is 1. The van der Waals surface area contributed by atoms with Crippen molar-refractivity contribution in [2.75, 3.05) is 0 Å². The van der Waals surface area contributed by atoms with Crippen LogP contribution in [0.15, 0.2) is 200 Å². The van der Waals surface area contributed by atoms with E-state index >= 15 is 0 Å². The quantitative estimate of drug-likeness (QED) is 0.149. The van der Waals surface area contributed by atoms with Crippen LogP contribution in [0, 0.1) is 0 Å². The molecule has 0 amide bonds. The van der Waals surface area contributed by atoms with Gasteiger partial charge in [-0.25, -0.2) is 0 Å². The maximum Gasteiger partial charge on any atom is 0.0362 e. The van der Waals surface area contributed by atoms with Gasteiger partial charge in [-0.2, -0.15) is 0 Å². The molecule has 57 heavy (non-hydrogen) atoms. The Labute approximate surface area is 338 Å². The lowest BCUT2D eigenvalue weighted by molar-refractivity contribution is 0.649. The molecule has 1 atom stereocenters. The van der Waals surface area contributed by atoms with Gasteiger partial charge in [0.2, 0.25) is 0 Å². The summed E-state index contributed by atoms with van der Waals surface area (Å²) in [5.74, 6) is -0.106. The van der Waals surface area contributed by atoms with Crippen LogP contribution in [0.5, 0.6) is 0 Å². The van der Waals surface area contributed by atoms with Gasteiger partial charge in [0.15, 0.2) is 0 Å². The smallest absolute Gasteiger partial charge is 0.0362 e. The van der Waals surface area contributed by atoms with Gasteiger partial charge in [0.05, 0.1) is 0 Å². The van der Waals surface area contributed by atoms with E-state index in [0.717, 1.165) is 0 Å². The molecule has 1 unspecified atom stereocenters. The predicted octanol–water partition coefficient (Wildman–Crippen LogP) is 15.7. The van der Waals surface area contributed by atoms with Gasteiger partial charge >= 0.3 is 0 Å². The number of rotatable bonds is 6. The standard InChI is InChI=1S/C56H40S/c1-56(2)48-32-13-11-24-42(48)45-30-17-31-47(55(45)56)53(52-39(36-18-5-3-6-19-36)27-16-28-40(52)37-20-7-4-8-21-37)44-25-10-9-23-41(44)43-29-15-22-38-34-35-50-54(51(38)43)46-26-12-14-33-49(46)57-50/h3-35,53H,1-2H3. The summed E-state index contributed by atoms with van der Waals surface area (Å²) in [6, 6.07) is 74.8. The fraction of sp³-hybridized carbons (Fsp3) is 0.0714. The minimum Gasteiger partial charge on any atom is -0.135 e. The van der Waals surface area contributed by atoms with E-state index < -0.39 is 0 Å². The van der Waals surface area contributed by atoms with Crippen LogP contribution in [0.25, 0.3) is 75.5 Å². The molecule has 1 aliphatic rings. The summed E-state index contributed by atoms with van der Waals surface area (Å²) in [4.78, 5) is 0. The van der Waals surface area contributed by atoms with Crippen LogP contribution in [-0.2, 0) is 5.41 Å². The second-order valence-electron chi connectivity index (χ2n) is 15.9. The van der Waals surface area contributed by atoms with E-state index in [-0.39, 0.29) is 11.3 Å². The monoisotopic (exact) mass is 744 g/mol. The Kier molecular flexibility index (Phi) is 7.88. The lowest BCUT2D eigenvalue weighted by Gasteiger charge is -2.32. The molecular weight excluding hydrogens is 705 g/mol. The van der Waals surface area contributed by atoms with Crippen molar-refractivity contribution in [2.24, 2.45) is 0 Å². The van der Waals surface area contributed by atoms with E-state index in [1.54, 1.807) is 0 Å².